The lowest BCUT2D eigenvalue weighted by Crippen LogP contribution is -1.94. The van der Waals surface area contributed by atoms with Crippen molar-refractivity contribution >= 4 is 49.5 Å². The second kappa shape index (κ2) is 6.67. The van der Waals surface area contributed by atoms with Crippen LogP contribution in [0.2, 0.25) is 0 Å². The van der Waals surface area contributed by atoms with Crippen LogP contribution in [-0.2, 0) is 0 Å². The summed E-state index contributed by atoms with van der Waals surface area (Å²) in [5, 5.41) is 0. The van der Waals surface area contributed by atoms with Crippen LogP contribution >= 0.6 is 43.5 Å². The van der Waals surface area contributed by atoms with Gasteiger partial charge in [0.25, 0.3) is 0 Å². The van der Waals surface area contributed by atoms with Crippen LogP contribution in [0, 0.1) is 0 Å². The zero-order chi connectivity index (χ0) is 12.1. The van der Waals surface area contributed by atoms with Crippen LogP contribution in [0.15, 0.2) is 26.7 Å². The smallest absolute Gasteiger partial charge is 0.147 e. The Morgan fingerprint density at radius 3 is 2.38 bits per heavy atom. The third kappa shape index (κ3) is 3.79. The van der Waals surface area contributed by atoms with Gasteiger partial charge in [-0.05, 0) is 63.4 Å². The monoisotopic (exact) mass is 366 g/mol. The van der Waals surface area contributed by atoms with Crippen molar-refractivity contribution in [3.63, 3.8) is 0 Å². The molecule has 16 heavy (non-hydrogen) atoms. The van der Waals surface area contributed by atoms with Gasteiger partial charge in [-0.1, -0.05) is 11.6 Å². The molecule has 0 unspecified atom stereocenters. The highest BCUT2D eigenvalue weighted by molar-refractivity contribution is 9.11. The Morgan fingerprint density at radius 1 is 1.38 bits per heavy atom. The van der Waals surface area contributed by atoms with Crippen LogP contribution in [0.25, 0.3) is 6.08 Å². The van der Waals surface area contributed by atoms with E-state index in [4.69, 9.17) is 16.3 Å². The third-order valence-corrected chi connectivity index (χ3v) is 3.53. The van der Waals surface area contributed by atoms with Crippen molar-refractivity contribution in [2.24, 2.45) is 0 Å². The van der Waals surface area contributed by atoms with E-state index in [0.717, 1.165) is 25.8 Å². The molecule has 0 aliphatic carbocycles. The lowest BCUT2D eigenvalue weighted by molar-refractivity contribution is 0.336. The van der Waals surface area contributed by atoms with Gasteiger partial charge in [0.15, 0.2) is 0 Å². The maximum atomic E-state index is 5.75. The fraction of sp³-hybridized carbons (Fsp3) is 0.333. The number of hydrogen-bond donors (Lipinski definition) is 0. The molecule has 0 amide bonds. The molecular weight excluding hydrogens is 355 g/mol. The second-order valence-electron chi connectivity index (χ2n) is 3.37. The molecule has 0 bridgehead atoms. The molecule has 0 saturated carbocycles. The van der Waals surface area contributed by atoms with Gasteiger partial charge in [0.05, 0.1) is 15.6 Å². The van der Waals surface area contributed by atoms with E-state index >= 15 is 0 Å². The van der Waals surface area contributed by atoms with Crippen molar-refractivity contribution in [3.8, 4) is 5.75 Å². The molecule has 1 nitrogen and oxygen atoms in total. The van der Waals surface area contributed by atoms with E-state index in [2.05, 4.69) is 37.9 Å². The summed E-state index contributed by atoms with van der Waals surface area (Å²) in [7, 11) is 0. The first-order chi connectivity index (χ1) is 7.58. The molecule has 88 valence electrons. The van der Waals surface area contributed by atoms with Crippen molar-refractivity contribution in [1.29, 1.82) is 0 Å². The molecule has 1 aromatic carbocycles. The van der Waals surface area contributed by atoms with Crippen LogP contribution in [0.1, 0.15) is 19.4 Å². The highest BCUT2D eigenvalue weighted by Gasteiger charge is 2.07. The third-order valence-electron chi connectivity index (χ3n) is 1.93. The van der Waals surface area contributed by atoms with E-state index in [1.807, 2.05) is 26.0 Å². The zero-order valence-corrected chi connectivity index (χ0v) is 13.1. The van der Waals surface area contributed by atoms with E-state index in [1.165, 1.54) is 0 Å². The minimum absolute atomic E-state index is 0.544. The Morgan fingerprint density at radius 2 is 1.94 bits per heavy atom. The van der Waals surface area contributed by atoms with Crippen molar-refractivity contribution in [2.45, 2.75) is 13.8 Å². The first-order valence-electron chi connectivity index (χ1n) is 4.93. The van der Waals surface area contributed by atoms with Crippen molar-refractivity contribution in [2.75, 3.05) is 12.5 Å². The summed E-state index contributed by atoms with van der Waals surface area (Å²) in [6.45, 7) is 4.61. The molecule has 0 heterocycles. The fourth-order valence-corrected chi connectivity index (χ4v) is 2.80. The normalized spacial score (nSPS) is 11.7. The van der Waals surface area contributed by atoms with Gasteiger partial charge < -0.3 is 4.74 Å². The Balaban J connectivity index is 3.09. The van der Waals surface area contributed by atoms with Gasteiger partial charge >= 0.3 is 0 Å². The Bertz CT molecular complexity index is 379. The molecule has 0 radical (unpaired) electrons. The molecule has 0 atom stereocenters. The van der Waals surface area contributed by atoms with E-state index in [9.17, 15) is 0 Å². The SMILES string of the molecule is CCOc1c(Br)cc(C=C(C)CCl)cc1Br. The number of ether oxygens (including phenoxy) is 1. The van der Waals surface area contributed by atoms with Gasteiger partial charge in [-0.3, -0.25) is 0 Å². The Hall–Kier alpha value is 0.01000. The number of allylic oxidation sites excluding steroid dienone is 1. The molecule has 0 aromatic heterocycles. The minimum atomic E-state index is 0.544. The van der Waals surface area contributed by atoms with Crippen molar-refractivity contribution in [3.05, 3.63) is 32.2 Å². The molecule has 0 saturated heterocycles. The molecule has 1 rings (SSSR count). The van der Waals surface area contributed by atoms with Gasteiger partial charge in [-0.2, -0.15) is 0 Å². The largest absolute Gasteiger partial charge is 0.492 e. The molecular formula is C12H13Br2ClO. The van der Waals surface area contributed by atoms with Gasteiger partial charge in [0, 0.05) is 5.88 Å². The summed E-state index contributed by atoms with van der Waals surface area (Å²) in [6, 6.07) is 4.04. The van der Waals surface area contributed by atoms with E-state index < -0.39 is 0 Å². The number of rotatable bonds is 4. The highest BCUT2D eigenvalue weighted by atomic mass is 79.9. The standard InChI is InChI=1S/C12H13Br2ClO/c1-3-16-12-10(13)5-9(6-11(12)14)4-8(2)7-15/h4-6H,3,7H2,1-2H3. The van der Waals surface area contributed by atoms with Gasteiger partial charge in [-0.15, -0.1) is 11.6 Å². The average Bonchev–Trinajstić information content (AvgIpc) is 2.23. The first-order valence-corrected chi connectivity index (χ1v) is 7.05. The quantitative estimate of drug-likeness (QED) is 0.659. The van der Waals surface area contributed by atoms with E-state index in [-0.39, 0.29) is 0 Å². The topological polar surface area (TPSA) is 9.23 Å². The van der Waals surface area contributed by atoms with Crippen LogP contribution in [0.5, 0.6) is 5.75 Å². The molecule has 0 aliphatic heterocycles. The van der Waals surface area contributed by atoms with E-state index in [0.29, 0.717) is 12.5 Å². The van der Waals surface area contributed by atoms with Crippen molar-refractivity contribution in [1.82, 2.24) is 0 Å². The predicted octanol–water partition coefficient (Wildman–Crippen LogP) is 5.25. The molecule has 1 aromatic rings. The van der Waals surface area contributed by atoms with Crippen LogP contribution in [0.3, 0.4) is 0 Å². The number of hydrogen-bond acceptors (Lipinski definition) is 1. The lowest BCUT2D eigenvalue weighted by Gasteiger charge is -2.09. The van der Waals surface area contributed by atoms with E-state index in [1.54, 1.807) is 0 Å². The summed E-state index contributed by atoms with van der Waals surface area (Å²) in [4.78, 5) is 0. The Labute approximate surface area is 118 Å². The highest BCUT2D eigenvalue weighted by Crippen LogP contribution is 2.35. The predicted molar refractivity (Wildman–Crippen MR) is 77.4 cm³/mol. The van der Waals surface area contributed by atoms with Crippen LogP contribution in [0.4, 0.5) is 0 Å². The Kier molecular flexibility index (Phi) is 5.87. The zero-order valence-electron chi connectivity index (χ0n) is 9.19. The molecule has 0 fully saturated rings. The van der Waals surface area contributed by atoms with Crippen LogP contribution < -0.4 is 4.74 Å². The summed E-state index contributed by atoms with van der Waals surface area (Å²) in [5.74, 6) is 1.38. The number of benzene rings is 1. The van der Waals surface area contributed by atoms with Crippen molar-refractivity contribution < 1.29 is 4.74 Å². The summed E-state index contributed by atoms with van der Waals surface area (Å²) < 4.78 is 7.40. The number of halogens is 3. The maximum Gasteiger partial charge on any atom is 0.147 e. The second-order valence-corrected chi connectivity index (χ2v) is 5.35. The van der Waals surface area contributed by atoms with Gasteiger partial charge in [0.2, 0.25) is 0 Å². The molecule has 0 aliphatic rings. The summed E-state index contributed by atoms with van der Waals surface area (Å²) >= 11 is 12.7. The molecule has 0 N–H and O–H groups in total. The molecule has 0 spiro atoms. The fourth-order valence-electron chi connectivity index (χ4n) is 1.27. The lowest BCUT2D eigenvalue weighted by atomic mass is 10.1. The number of alkyl halides is 1. The first kappa shape index (κ1) is 14.1. The minimum Gasteiger partial charge on any atom is -0.492 e. The maximum absolute atomic E-state index is 5.75. The van der Waals surface area contributed by atoms with Gasteiger partial charge in [0.1, 0.15) is 5.75 Å². The van der Waals surface area contributed by atoms with Gasteiger partial charge in [-0.25, -0.2) is 0 Å². The summed E-state index contributed by atoms with van der Waals surface area (Å²) in [5.41, 5.74) is 2.23. The van der Waals surface area contributed by atoms with Crippen LogP contribution in [-0.4, -0.2) is 12.5 Å². The summed E-state index contributed by atoms with van der Waals surface area (Å²) in [6.07, 6.45) is 2.05. The molecule has 4 heteroatoms. The average molecular weight is 368 g/mol.